The highest BCUT2D eigenvalue weighted by atomic mass is 32.1. The molecule has 0 radical (unpaired) electrons. The van der Waals surface area contributed by atoms with E-state index in [1.165, 1.54) is 11.9 Å². The van der Waals surface area contributed by atoms with Crippen molar-refractivity contribution in [1.29, 1.82) is 0 Å². The van der Waals surface area contributed by atoms with E-state index in [1.54, 1.807) is 10.9 Å². The summed E-state index contributed by atoms with van der Waals surface area (Å²) in [7, 11) is 1.50. The van der Waals surface area contributed by atoms with Crippen molar-refractivity contribution in [2.24, 2.45) is 0 Å². The first-order valence-corrected chi connectivity index (χ1v) is 8.62. The largest absolute Gasteiger partial charge is 0.434 e. The number of carbonyl (C=O) groups is 1. The van der Waals surface area contributed by atoms with Gasteiger partial charge in [0.25, 0.3) is 5.91 Å². The molecule has 11 heteroatoms. The third-order valence-electron chi connectivity index (χ3n) is 3.97. The summed E-state index contributed by atoms with van der Waals surface area (Å²) in [4.78, 5) is 17.2. The van der Waals surface area contributed by atoms with Crippen LogP contribution in [-0.2, 0) is 12.7 Å². The maximum Gasteiger partial charge on any atom is 0.434 e. The Hall–Kier alpha value is -2.01. The van der Waals surface area contributed by atoms with Gasteiger partial charge in [-0.05, 0) is 25.9 Å². The van der Waals surface area contributed by atoms with Crippen LogP contribution >= 0.6 is 11.3 Å². The van der Waals surface area contributed by atoms with Crippen LogP contribution in [0.4, 0.5) is 13.2 Å². The van der Waals surface area contributed by atoms with Gasteiger partial charge in [0.05, 0.1) is 18.8 Å². The second kappa shape index (κ2) is 7.08. The summed E-state index contributed by atoms with van der Waals surface area (Å²) in [5.74, 6) is -0.399. The van der Waals surface area contributed by atoms with Gasteiger partial charge in [0.1, 0.15) is 5.01 Å². The zero-order valence-electron chi connectivity index (χ0n) is 13.5. The molecular formula is C14H17F3N6OS. The molecule has 1 fully saturated rings. The third-order valence-corrected chi connectivity index (χ3v) is 4.81. The third kappa shape index (κ3) is 4.15. The van der Waals surface area contributed by atoms with Crippen LogP contribution in [-0.4, -0.2) is 50.9 Å². The maximum atomic E-state index is 12.6. The van der Waals surface area contributed by atoms with Crippen LogP contribution in [0, 0.1) is 0 Å². The molecule has 0 saturated carbocycles. The first-order valence-electron chi connectivity index (χ1n) is 7.74. The zero-order chi connectivity index (χ0) is 18.0. The van der Waals surface area contributed by atoms with E-state index in [9.17, 15) is 18.0 Å². The van der Waals surface area contributed by atoms with Crippen molar-refractivity contribution >= 4 is 17.2 Å². The minimum Gasteiger partial charge on any atom is -0.333 e. The lowest BCUT2D eigenvalue weighted by Crippen LogP contribution is -2.29. The van der Waals surface area contributed by atoms with Gasteiger partial charge < -0.3 is 10.2 Å². The van der Waals surface area contributed by atoms with E-state index in [-0.39, 0.29) is 23.3 Å². The molecule has 1 N–H and O–H groups in total. The zero-order valence-corrected chi connectivity index (χ0v) is 14.3. The molecule has 25 heavy (non-hydrogen) atoms. The maximum absolute atomic E-state index is 12.6. The number of carbonyl (C=O) groups excluding carboxylic acids is 1. The molecule has 1 aliphatic rings. The minimum absolute atomic E-state index is 0.0141. The summed E-state index contributed by atoms with van der Waals surface area (Å²) in [5, 5.41) is 12.3. The lowest BCUT2D eigenvalue weighted by Gasteiger charge is -2.22. The molecular weight excluding hydrogens is 357 g/mol. The van der Waals surface area contributed by atoms with Crippen LogP contribution in [0.1, 0.15) is 40.1 Å². The van der Waals surface area contributed by atoms with Crippen molar-refractivity contribution in [3.8, 4) is 0 Å². The highest BCUT2D eigenvalue weighted by Gasteiger charge is 2.34. The lowest BCUT2D eigenvalue weighted by atomic mass is 10.1. The van der Waals surface area contributed by atoms with Gasteiger partial charge in [-0.15, -0.1) is 16.4 Å². The van der Waals surface area contributed by atoms with Crippen LogP contribution in [0.2, 0.25) is 0 Å². The molecule has 136 valence electrons. The van der Waals surface area contributed by atoms with Gasteiger partial charge in [-0.2, -0.15) is 13.2 Å². The first kappa shape index (κ1) is 17.8. The van der Waals surface area contributed by atoms with Crippen LogP contribution in [0.5, 0.6) is 0 Å². The quantitative estimate of drug-likeness (QED) is 0.885. The molecule has 1 saturated heterocycles. The highest BCUT2D eigenvalue weighted by Crippen LogP contribution is 2.30. The molecule has 0 bridgehead atoms. The number of halogens is 3. The number of hydrogen-bond donors (Lipinski definition) is 1. The summed E-state index contributed by atoms with van der Waals surface area (Å²) in [6.45, 7) is 1.76. The normalized spacial score (nSPS) is 16.2. The topological polar surface area (TPSA) is 75.9 Å². The van der Waals surface area contributed by atoms with Crippen LogP contribution in [0.25, 0.3) is 0 Å². The Kier molecular flexibility index (Phi) is 5.04. The Bertz CT molecular complexity index is 737. The smallest absolute Gasteiger partial charge is 0.333 e. The van der Waals surface area contributed by atoms with Crippen molar-refractivity contribution in [2.75, 3.05) is 20.1 Å². The number of alkyl halides is 3. The molecule has 0 aromatic carbocycles. The lowest BCUT2D eigenvalue weighted by molar-refractivity contribution is -0.140. The molecule has 3 rings (SSSR count). The molecule has 3 heterocycles. The van der Waals surface area contributed by atoms with E-state index in [2.05, 4.69) is 20.6 Å². The Morgan fingerprint density at radius 3 is 2.80 bits per heavy atom. The Morgan fingerprint density at radius 1 is 1.44 bits per heavy atom. The fourth-order valence-corrected chi connectivity index (χ4v) is 3.46. The minimum atomic E-state index is -4.48. The number of aromatic nitrogens is 4. The molecule has 0 atom stereocenters. The average Bonchev–Trinajstić information content (AvgIpc) is 3.24. The predicted octanol–water partition coefficient (Wildman–Crippen LogP) is 1.95. The monoisotopic (exact) mass is 374 g/mol. The van der Waals surface area contributed by atoms with E-state index in [0.717, 1.165) is 42.6 Å². The van der Waals surface area contributed by atoms with Gasteiger partial charge in [0, 0.05) is 12.4 Å². The number of rotatable bonds is 4. The van der Waals surface area contributed by atoms with E-state index in [1.807, 2.05) is 0 Å². The van der Waals surface area contributed by atoms with Gasteiger partial charge in [0.15, 0.2) is 11.4 Å². The van der Waals surface area contributed by atoms with Crippen LogP contribution in [0.15, 0.2) is 11.6 Å². The SMILES string of the molecule is CN(Cc1nc(C(F)(F)F)cs1)C(=O)c1cn(C2CCNCC2)nn1. The standard InChI is InChI=1S/C14H17F3N6OS/c1-22(7-12-19-11(8-25-12)14(15,16)17)13(24)10-6-23(21-20-10)9-2-4-18-5-3-9/h6,8-9,18H,2-5,7H2,1H3. The first-order chi connectivity index (χ1) is 11.8. The number of hydrogen-bond acceptors (Lipinski definition) is 6. The number of thiazole rings is 1. The second-order valence-corrected chi connectivity index (χ2v) is 6.79. The van der Waals surface area contributed by atoms with Gasteiger partial charge in [-0.1, -0.05) is 5.21 Å². The highest BCUT2D eigenvalue weighted by molar-refractivity contribution is 7.09. The van der Waals surface area contributed by atoms with Crippen molar-refractivity contribution in [3.05, 3.63) is 28.0 Å². The Labute approximate surface area is 145 Å². The van der Waals surface area contributed by atoms with Crippen molar-refractivity contribution in [1.82, 2.24) is 30.2 Å². The van der Waals surface area contributed by atoms with Gasteiger partial charge in [-0.25, -0.2) is 9.67 Å². The second-order valence-electron chi connectivity index (χ2n) is 5.85. The molecule has 0 aliphatic carbocycles. The number of nitrogens with zero attached hydrogens (tertiary/aromatic N) is 5. The fraction of sp³-hybridized carbons (Fsp3) is 0.571. The predicted molar refractivity (Wildman–Crippen MR) is 84.1 cm³/mol. The van der Waals surface area contributed by atoms with Crippen molar-refractivity contribution < 1.29 is 18.0 Å². The van der Waals surface area contributed by atoms with Crippen LogP contribution < -0.4 is 5.32 Å². The average molecular weight is 374 g/mol. The Morgan fingerprint density at radius 2 is 2.16 bits per heavy atom. The van der Waals surface area contributed by atoms with E-state index in [0.29, 0.717) is 0 Å². The van der Waals surface area contributed by atoms with Gasteiger partial charge in [-0.3, -0.25) is 4.79 Å². The number of amides is 1. The van der Waals surface area contributed by atoms with Crippen LogP contribution in [0.3, 0.4) is 0 Å². The molecule has 7 nitrogen and oxygen atoms in total. The summed E-state index contributed by atoms with van der Waals surface area (Å²) < 4.78 is 39.4. The molecule has 0 unspecified atom stereocenters. The van der Waals surface area contributed by atoms with Gasteiger partial charge >= 0.3 is 6.18 Å². The molecule has 2 aromatic heterocycles. The number of nitrogens with one attached hydrogen (secondary N) is 1. The van der Waals surface area contributed by atoms with E-state index < -0.39 is 17.8 Å². The molecule has 1 amide bonds. The van der Waals surface area contributed by atoms with E-state index >= 15 is 0 Å². The molecule has 0 spiro atoms. The molecule has 1 aliphatic heterocycles. The molecule has 2 aromatic rings. The summed E-state index contributed by atoms with van der Waals surface area (Å²) in [5.41, 5.74) is -0.765. The van der Waals surface area contributed by atoms with Crippen molar-refractivity contribution in [2.45, 2.75) is 31.6 Å². The van der Waals surface area contributed by atoms with E-state index in [4.69, 9.17) is 0 Å². The Balaban J connectivity index is 1.64. The fourth-order valence-electron chi connectivity index (χ4n) is 2.61. The number of piperidine rings is 1. The van der Waals surface area contributed by atoms with Gasteiger partial charge in [0.2, 0.25) is 0 Å². The summed E-state index contributed by atoms with van der Waals surface area (Å²) in [6.07, 6.45) is -1.06. The summed E-state index contributed by atoms with van der Waals surface area (Å²) >= 11 is 0.872. The van der Waals surface area contributed by atoms with Crippen molar-refractivity contribution in [3.63, 3.8) is 0 Å². The summed E-state index contributed by atoms with van der Waals surface area (Å²) in [6, 6.07) is 0.203.